The van der Waals surface area contributed by atoms with Crippen LogP contribution in [0.15, 0.2) is 18.5 Å². The van der Waals surface area contributed by atoms with Crippen LogP contribution in [0.5, 0.6) is 5.75 Å². The van der Waals surface area contributed by atoms with Crippen molar-refractivity contribution in [2.75, 3.05) is 6.61 Å². The lowest BCUT2D eigenvalue weighted by atomic mass is 10.2. The van der Waals surface area contributed by atoms with Crippen molar-refractivity contribution >= 4 is 0 Å². The van der Waals surface area contributed by atoms with Gasteiger partial charge in [0.25, 0.3) is 0 Å². The zero-order valence-electron chi connectivity index (χ0n) is 5.00. The SMILES string of the molecule is c1cc2c(cn1)OCC2. The van der Waals surface area contributed by atoms with Crippen LogP contribution in [0.4, 0.5) is 0 Å². The van der Waals surface area contributed by atoms with Crippen LogP contribution in [0.1, 0.15) is 5.56 Å². The fraction of sp³-hybridized carbons (Fsp3) is 0.286. The number of fused-ring (bicyclic) bond motifs is 1. The summed E-state index contributed by atoms with van der Waals surface area (Å²) in [4.78, 5) is 3.93. The summed E-state index contributed by atoms with van der Waals surface area (Å²) in [6, 6.07) is 2.00. The van der Waals surface area contributed by atoms with Crippen LogP contribution in [0.25, 0.3) is 0 Å². The van der Waals surface area contributed by atoms with E-state index in [4.69, 9.17) is 4.74 Å². The Hall–Kier alpha value is -1.05. The van der Waals surface area contributed by atoms with Gasteiger partial charge in [-0.25, -0.2) is 0 Å². The molecule has 1 aromatic rings. The molecule has 2 heteroatoms. The van der Waals surface area contributed by atoms with Gasteiger partial charge in [-0.2, -0.15) is 0 Å². The van der Waals surface area contributed by atoms with Gasteiger partial charge in [-0.05, 0) is 6.07 Å². The Bertz CT molecular complexity index is 199. The molecule has 2 nitrogen and oxygen atoms in total. The minimum atomic E-state index is 0.820. The molecular weight excluding hydrogens is 114 g/mol. The minimum absolute atomic E-state index is 0.820. The van der Waals surface area contributed by atoms with Gasteiger partial charge in [0, 0.05) is 18.2 Å². The van der Waals surface area contributed by atoms with Gasteiger partial charge in [0.2, 0.25) is 0 Å². The topological polar surface area (TPSA) is 22.1 Å². The second kappa shape index (κ2) is 1.72. The van der Waals surface area contributed by atoms with Crippen LogP contribution in [-0.2, 0) is 6.42 Å². The van der Waals surface area contributed by atoms with Crippen LogP contribution in [0, 0.1) is 0 Å². The molecule has 46 valence electrons. The molecule has 0 unspecified atom stereocenters. The molecule has 0 aromatic carbocycles. The molecule has 0 bridgehead atoms. The lowest BCUT2D eigenvalue weighted by Crippen LogP contribution is -1.85. The van der Waals surface area contributed by atoms with Gasteiger partial charge in [-0.15, -0.1) is 0 Å². The first-order valence-corrected chi connectivity index (χ1v) is 3.02. The lowest BCUT2D eigenvalue weighted by Gasteiger charge is -1.92. The predicted molar refractivity (Wildman–Crippen MR) is 33.4 cm³/mol. The Balaban J connectivity index is 2.54. The number of hydrogen-bond donors (Lipinski definition) is 0. The van der Waals surface area contributed by atoms with Gasteiger partial charge in [0.15, 0.2) is 0 Å². The molecule has 9 heavy (non-hydrogen) atoms. The monoisotopic (exact) mass is 121 g/mol. The maximum absolute atomic E-state index is 5.24. The van der Waals surface area contributed by atoms with Crippen molar-refractivity contribution in [3.63, 3.8) is 0 Å². The van der Waals surface area contributed by atoms with Crippen molar-refractivity contribution in [1.29, 1.82) is 0 Å². The van der Waals surface area contributed by atoms with E-state index in [9.17, 15) is 0 Å². The summed E-state index contributed by atoms with van der Waals surface area (Å²) in [5, 5.41) is 0. The molecule has 1 aliphatic heterocycles. The van der Waals surface area contributed by atoms with Crippen LogP contribution in [-0.4, -0.2) is 11.6 Å². The second-order valence-corrected chi connectivity index (χ2v) is 2.08. The standard InChI is InChI=1S/C7H7NO/c1-3-8-5-7-6(1)2-4-9-7/h1,3,5H,2,4H2. The summed E-state index contributed by atoms with van der Waals surface area (Å²) < 4.78 is 5.24. The molecule has 0 saturated carbocycles. The van der Waals surface area contributed by atoms with Crippen molar-refractivity contribution in [2.45, 2.75) is 6.42 Å². The number of hydrogen-bond acceptors (Lipinski definition) is 2. The van der Waals surface area contributed by atoms with Crippen molar-refractivity contribution in [2.24, 2.45) is 0 Å². The molecule has 0 aliphatic carbocycles. The Kier molecular flexibility index (Phi) is 0.918. The predicted octanol–water partition coefficient (Wildman–Crippen LogP) is 1.02. The molecule has 0 radical (unpaired) electrons. The summed E-state index contributed by atoms with van der Waals surface area (Å²) in [5.41, 5.74) is 1.28. The average Bonchev–Trinajstić information content (AvgIpc) is 2.33. The van der Waals surface area contributed by atoms with Gasteiger partial charge in [0.1, 0.15) is 5.75 Å². The molecule has 0 saturated heterocycles. The number of pyridine rings is 1. The third-order valence-corrected chi connectivity index (χ3v) is 1.50. The van der Waals surface area contributed by atoms with Crippen LogP contribution in [0.3, 0.4) is 0 Å². The van der Waals surface area contributed by atoms with E-state index in [1.54, 1.807) is 12.4 Å². The zero-order valence-corrected chi connectivity index (χ0v) is 5.00. The van der Waals surface area contributed by atoms with E-state index >= 15 is 0 Å². The van der Waals surface area contributed by atoms with E-state index in [1.807, 2.05) is 6.07 Å². The second-order valence-electron chi connectivity index (χ2n) is 2.08. The highest BCUT2D eigenvalue weighted by Crippen LogP contribution is 2.21. The Labute approximate surface area is 53.5 Å². The van der Waals surface area contributed by atoms with Crippen molar-refractivity contribution < 1.29 is 4.74 Å². The number of aromatic nitrogens is 1. The quantitative estimate of drug-likeness (QED) is 0.511. The Morgan fingerprint density at radius 3 is 3.44 bits per heavy atom. The first-order chi connectivity index (χ1) is 4.47. The van der Waals surface area contributed by atoms with E-state index in [1.165, 1.54) is 5.56 Å². The highest BCUT2D eigenvalue weighted by molar-refractivity contribution is 5.32. The Morgan fingerprint density at radius 2 is 2.56 bits per heavy atom. The van der Waals surface area contributed by atoms with Gasteiger partial charge in [-0.3, -0.25) is 4.98 Å². The summed E-state index contributed by atoms with van der Waals surface area (Å²) in [5.74, 6) is 0.956. The first kappa shape index (κ1) is 4.79. The highest BCUT2D eigenvalue weighted by atomic mass is 16.5. The summed E-state index contributed by atoms with van der Waals surface area (Å²) >= 11 is 0. The number of nitrogens with zero attached hydrogens (tertiary/aromatic N) is 1. The van der Waals surface area contributed by atoms with Gasteiger partial charge in [-0.1, -0.05) is 0 Å². The third-order valence-electron chi connectivity index (χ3n) is 1.50. The van der Waals surface area contributed by atoms with Gasteiger partial charge < -0.3 is 4.74 Å². The maximum atomic E-state index is 5.24. The van der Waals surface area contributed by atoms with E-state index < -0.39 is 0 Å². The smallest absolute Gasteiger partial charge is 0.140 e. The molecule has 1 aliphatic rings. The van der Waals surface area contributed by atoms with E-state index in [-0.39, 0.29) is 0 Å². The highest BCUT2D eigenvalue weighted by Gasteiger charge is 2.09. The van der Waals surface area contributed by atoms with Crippen molar-refractivity contribution in [3.05, 3.63) is 24.0 Å². The molecule has 1 aromatic heterocycles. The third kappa shape index (κ3) is 0.669. The fourth-order valence-electron chi connectivity index (χ4n) is 1.02. The Morgan fingerprint density at radius 1 is 1.56 bits per heavy atom. The van der Waals surface area contributed by atoms with Crippen molar-refractivity contribution in [1.82, 2.24) is 4.98 Å². The molecule has 0 fully saturated rings. The van der Waals surface area contributed by atoms with Crippen LogP contribution in [0.2, 0.25) is 0 Å². The number of rotatable bonds is 0. The normalized spacial score (nSPS) is 14.7. The summed E-state index contributed by atoms with van der Waals surface area (Å²) in [7, 11) is 0. The molecule has 0 amide bonds. The average molecular weight is 121 g/mol. The molecular formula is C7H7NO. The molecule has 0 spiro atoms. The molecule has 2 heterocycles. The largest absolute Gasteiger partial charge is 0.491 e. The fourth-order valence-corrected chi connectivity index (χ4v) is 1.02. The van der Waals surface area contributed by atoms with Gasteiger partial charge >= 0.3 is 0 Å². The van der Waals surface area contributed by atoms with Crippen LogP contribution >= 0.6 is 0 Å². The molecule has 0 N–H and O–H groups in total. The molecule has 0 atom stereocenters. The lowest BCUT2D eigenvalue weighted by molar-refractivity contribution is 0.355. The van der Waals surface area contributed by atoms with E-state index in [2.05, 4.69) is 4.98 Å². The maximum Gasteiger partial charge on any atom is 0.140 e. The summed E-state index contributed by atoms with van der Waals surface area (Å²) in [6.45, 7) is 0.820. The zero-order chi connectivity index (χ0) is 6.10. The molecule has 2 rings (SSSR count). The number of ether oxygens (including phenoxy) is 1. The van der Waals surface area contributed by atoms with E-state index in [0.29, 0.717) is 0 Å². The minimum Gasteiger partial charge on any atom is -0.491 e. The van der Waals surface area contributed by atoms with Crippen LogP contribution < -0.4 is 4.74 Å². The first-order valence-electron chi connectivity index (χ1n) is 3.02. The summed E-state index contributed by atoms with van der Waals surface area (Å²) in [6.07, 6.45) is 4.60. The van der Waals surface area contributed by atoms with Crippen molar-refractivity contribution in [3.8, 4) is 5.75 Å². The van der Waals surface area contributed by atoms with Gasteiger partial charge in [0.05, 0.1) is 12.8 Å². The van der Waals surface area contributed by atoms with E-state index in [0.717, 1.165) is 18.8 Å².